The molecule has 0 N–H and O–H groups in total. The van der Waals surface area contributed by atoms with Crippen LogP contribution in [0.5, 0.6) is 0 Å². The molecule has 0 saturated heterocycles. The molecular weight excluding hydrogens is 346 g/mol. The van der Waals surface area contributed by atoms with Gasteiger partial charge in [-0.3, -0.25) is 0 Å². The minimum absolute atomic E-state index is 0.244. The smallest absolute Gasteiger partial charge is 0.224 e. The van der Waals surface area contributed by atoms with Crippen molar-refractivity contribution in [2.75, 3.05) is 0 Å². The summed E-state index contributed by atoms with van der Waals surface area (Å²) in [6.45, 7) is 0. The second-order valence-electron chi connectivity index (χ2n) is 3.71. The van der Waals surface area contributed by atoms with Crippen molar-refractivity contribution in [2.24, 2.45) is 0 Å². The Labute approximate surface area is 127 Å². The van der Waals surface area contributed by atoms with Crippen LogP contribution in [0, 0.1) is 0 Å². The summed E-state index contributed by atoms with van der Waals surface area (Å²) >= 11 is 10.9. The monoisotopic (exact) mass is 351 g/mol. The molecule has 2 aromatic heterocycles. The normalized spacial score (nSPS) is 10.8. The van der Waals surface area contributed by atoms with E-state index in [1.165, 1.54) is 11.8 Å². The van der Waals surface area contributed by atoms with Gasteiger partial charge in [0.15, 0.2) is 0 Å². The van der Waals surface area contributed by atoms with E-state index in [9.17, 15) is 0 Å². The lowest BCUT2D eigenvalue weighted by molar-refractivity contribution is 1.07. The van der Waals surface area contributed by atoms with Crippen LogP contribution in [-0.4, -0.2) is 15.0 Å². The highest BCUT2D eigenvalue weighted by atomic mass is 79.9. The molecule has 19 heavy (non-hydrogen) atoms. The summed E-state index contributed by atoms with van der Waals surface area (Å²) in [7, 11) is 0. The van der Waals surface area contributed by atoms with Crippen LogP contribution < -0.4 is 0 Å². The van der Waals surface area contributed by atoms with Crippen LogP contribution in [0.3, 0.4) is 0 Å². The first kappa shape index (κ1) is 12.8. The SMILES string of the molecule is Clc1nc(Sc2ncccc2Br)c2ccccc2n1. The van der Waals surface area contributed by atoms with Gasteiger partial charge in [0, 0.05) is 11.6 Å². The van der Waals surface area contributed by atoms with E-state index in [2.05, 4.69) is 30.9 Å². The lowest BCUT2D eigenvalue weighted by Gasteiger charge is -2.06. The van der Waals surface area contributed by atoms with E-state index >= 15 is 0 Å². The third-order valence-electron chi connectivity index (χ3n) is 2.46. The van der Waals surface area contributed by atoms with E-state index in [0.29, 0.717) is 0 Å². The molecule has 3 nitrogen and oxygen atoms in total. The fourth-order valence-electron chi connectivity index (χ4n) is 1.64. The minimum atomic E-state index is 0.244. The first-order chi connectivity index (χ1) is 9.24. The number of rotatable bonds is 2. The third-order valence-corrected chi connectivity index (χ3v) is 4.55. The molecule has 0 spiro atoms. The van der Waals surface area contributed by atoms with E-state index in [-0.39, 0.29) is 5.28 Å². The van der Waals surface area contributed by atoms with E-state index in [1.807, 2.05) is 36.4 Å². The quantitative estimate of drug-likeness (QED) is 0.499. The highest BCUT2D eigenvalue weighted by molar-refractivity contribution is 9.10. The zero-order chi connectivity index (χ0) is 13.2. The second kappa shape index (κ2) is 5.45. The molecule has 2 heterocycles. The maximum Gasteiger partial charge on any atom is 0.224 e. The molecule has 94 valence electrons. The van der Waals surface area contributed by atoms with Crippen LogP contribution in [0.25, 0.3) is 10.9 Å². The summed E-state index contributed by atoms with van der Waals surface area (Å²) in [5, 5.41) is 2.86. The van der Waals surface area contributed by atoms with Crippen molar-refractivity contribution in [3.05, 3.63) is 52.4 Å². The standard InChI is InChI=1S/C13H7BrClN3S/c14-9-5-3-7-16-12(9)19-11-8-4-1-2-6-10(8)17-13(15)18-11/h1-7H. The molecule has 3 aromatic rings. The van der Waals surface area contributed by atoms with Crippen molar-refractivity contribution >= 4 is 50.2 Å². The van der Waals surface area contributed by atoms with Crippen molar-refractivity contribution in [2.45, 2.75) is 10.1 Å². The number of para-hydroxylation sites is 1. The molecule has 1 aromatic carbocycles. The van der Waals surface area contributed by atoms with Crippen LogP contribution in [0.4, 0.5) is 0 Å². The van der Waals surface area contributed by atoms with Gasteiger partial charge in [-0.25, -0.2) is 15.0 Å². The molecule has 0 bridgehead atoms. The molecule has 0 fully saturated rings. The van der Waals surface area contributed by atoms with Gasteiger partial charge in [0.25, 0.3) is 0 Å². The van der Waals surface area contributed by atoms with Crippen molar-refractivity contribution in [1.29, 1.82) is 0 Å². The highest BCUT2D eigenvalue weighted by Crippen LogP contribution is 2.34. The average Bonchev–Trinajstić information content (AvgIpc) is 2.41. The Balaban J connectivity index is 2.13. The molecule has 0 amide bonds. The van der Waals surface area contributed by atoms with Crippen LogP contribution >= 0.6 is 39.3 Å². The van der Waals surface area contributed by atoms with Gasteiger partial charge in [0.05, 0.1) is 9.99 Å². The van der Waals surface area contributed by atoms with Gasteiger partial charge >= 0.3 is 0 Å². The lowest BCUT2D eigenvalue weighted by atomic mass is 10.2. The summed E-state index contributed by atoms with van der Waals surface area (Å²) in [6, 6.07) is 11.6. The average molecular weight is 353 g/mol. The molecule has 0 aliphatic rings. The van der Waals surface area contributed by atoms with Crippen LogP contribution in [0.2, 0.25) is 5.28 Å². The van der Waals surface area contributed by atoms with Gasteiger partial charge < -0.3 is 0 Å². The number of aromatic nitrogens is 3. The van der Waals surface area contributed by atoms with Crippen molar-refractivity contribution in [3.63, 3.8) is 0 Å². The Bertz CT molecular complexity index is 751. The summed E-state index contributed by atoms with van der Waals surface area (Å²) in [5.41, 5.74) is 0.831. The van der Waals surface area contributed by atoms with E-state index < -0.39 is 0 Å². The fourth-order valence-corrected chi connectivity index (χ4v) is 3.24. The summed E-state index contributed by atoms with van der Waals surface area (Å²) in [6.07, 6.45) is 1.75. The number of nitrogens with zero attached hydrogens (tertiary/aromatic N) is 3. The molecule has 0 radical (unpaired) electrons. The summed E-state index contributed by atoms with van der Waals surface area (Å²) < 4.78 is 0.929. The predicted octanol–water partition coefficient (Wildman–Crippen LogP) is 4.59. The Morgan fingerprint density at radius 1 is 1.00 bits per heavy atom. The van der Waals surface area contributed by atoms with Gasteiger partial charge in [0.1, 0.15) is 10.1 Å². The van der Waals surface area contributed by atoms with Gasteiger partial charge in [0.2, 0.25) is 5.28 Å². The second-order valence-corrected chi connectivity index (χ2v) is 5.88. The summed E-state index contributed by atoms with van der Waals surface area (Å²) in [4.78, 5) is 12.8. The van der Waals surface area contributed by atoms with Crippen molar-refractivity contribution in [3.8, 4) is 0 Å². The maximum atomic E-state index is 5.96. The molecular formula is C13H7BrClN3S. The zero-order valence-electron chi connectivity index (χ0n) is 9.55. The van der Waals surface area contributed by atoms with Crippen LogP contribution in [0.15, 0.2) is 57.1 Å². The Hall–Kier alpha value is -1.17. The van der Waals surface area contributed by atoms with E-state index in [4.69, 9.17) is 11.6 Å². The highest BCUT2D eigenvalue weighted by Gasteiger charge is 2.10. The number of benzene rings is 1. The Morgan fingerprint density at radius 3 is 2.68 bits per heavy atom. The van der Waals surface area contributed by atoms with Gasteiger partial charge in [-0.15, -0.1) is 0 Å². The Morgan fingerprint density at radius 2 is 1.84 bits per heavy atom. The van der Waals surface area contributed by atoms with Crippen molar-refractivity contribution in [1.82, 2.24) is 15.0 Å². The molecule has 0 unspecified atom stereocenters. The first-order valence-electron chi connectivity index (χ1n) is 5.45. The number of fused-ring (bicyclic) bond motifs is 1. The molecule has 3 rings (SSSR count). The van der Waals surface area contributed by atoms with E-state index in [0.717, 1.165) is 25.4 Å². The van der Waals surface area contributed by atoms with Gasteiger partial charge in [-0.1, -0.05) is 18.2 Å². The third kappa shape index (κ3) is 2.73. The van der Waals surface area contributed by atoms with E-state index in [1.54, 1.807) is 6.20 Å². The first-order valence-corrected chi connectivity index (χ1v) is 7.43. The molecule has 0 aliphatic heterocycles. The molecule has 0 saturated carbocycles. The maximum absolute atomic E-state index is 5.96. The number of pyridine rings is 1. The van der Waals surface area contributed by atoms with Crippen molar-refractivity contribution < 1.29 is 0 Å². The molecule has 0 aliphatic carbocycles. The molecule has 6 heteroatoms. The lowest BCUT2D eigenvalue weighted by Crippen LogP contribution is -1.90. The van der Waals surface area contributed by atoms with Gasteiger partial charge in [-0.05, 0) is 57.5 Å². The Kier molecular flexibility index (Phi) is 3.68. The minimum Gasteiger partial charge on any atom is -0.248 e. The topological polar surface area (TPSA) is 38.7 Å². The zero-order valence-corrected chi connectivity index (χ0v) is 12.7. The number of hydrogen-bond acceptors (Lipinski definition) is 4. The summed E-state index contributed by atoms with van der Waals surface area (Å²) in [5.74, 6) is 0. The number of halogens is 2. The van der Waals surface area contributed by atoms with Gasteiger partial charge in [-0.2, -0.15) is 0 Å². The number of hydrogen-bond donors (Lipinski definition) is 0. The molecule has 0 atom stereocenters. The fraction of sp³-hybridized carbons (Fsp3) is 0. The van der Waals surface area contributed by atoms with Crippen LogP contribution in [0.1, 0.15) is 0 Å². The predicted molar refractivity (Wildman–Crippen MR) is 80.6 cm³/mol. The largest absolute Gasteiger partial charge is 0.248 e. The van der Waals surface area contributed by atoms with Crippen LogP contribution in [-0.2, 0) is 0 Å².